The first kappa shape index (κ1) is 25.5. The predicted molar refractivity (Wildman–Crippen MR) is 118 cm³/mol. The van der Waals surface area contributed by atoms with E-state index in [1.165, 1.54) is 120 Å². The maximum absolute atomic E-state index is 11.8. The standard InChI is InChI=1S/C24H49NO/c1-3-5-7-9-11-13-15-17-19-21-23-25(26)24-22-20-18-16-14-12-10-8-6-4-2/h23H,3-22,24H2,1-2H3. The van der Waals surface area contributed by atoms with E-state index in [9.17, 15) is 5.21 Å². The van der Waals surface area contributed by atoms with E-state index in [0.29, 0.717) is 6.54 Å². The zero-order valence-electron chi connectivity index (χ0n) is 18.3. The minimum atomic E-state index is 0.702. The van der Waals surface area contributed by atoms with Crippen LogP contribution in [-0.2, 0) is 0 Å². The van der Waals surface area contributed by atoms with Gasteiger partial charge in [0.05, 0.1) is 0 Å². The van der Waals surface area contributed by atoms with Crippen LogP contribution >= 0.6 is 0 Å². The number of hydrogen-bond acceptors (Lipinski definition) is 1. The van der Waals surface area contributed by atoms with Crippen molar-refractivity contribution in [3.63, 3.8) is 0 Å². The molecule has 0 N–H and O–H groups in total. The van der Waals surface area contributed by atoms with Gasteiger partial charge in [0.15, 0.2) is 12.8 Å². The fourth-order valence-corrected chi connectivity index (χ4v) is 3.54. The van der Waals surface area contributed by atoms with Gasteiger partial charge in [0.2, 0.25) is 0 Å². The van der Waals surface area contributed by atoms with Gasteiger partial charge < -0.3 is 5.21 Å². The number of unbranched alkanes of at least 4 members (excludes halogenated alkanes) is 18. The maximum atomic E-state index is 11.8. The lowest BCUT2D eigenvalue weighted by molar-refractivity contribution is -0.454. The van der Waals surface area contributed by atoms with E-state index in [0.717, 1.165) is 12.8 Å². The summed E-state index contributed by atoms with van der Waals surface area (Å²) in [6.07, 6.45) is 28.3. The summed E-state index contributed by atoms with van der Waals surface area (Å²) in [5.41, 5.74) is 0. The molecule has 0 unspecified atom stereocenters. The lowest BCUT2D eigenvalue weighted by Gasteiger charge is -2.05. The molecule has 2 nitrogen and oxygen atoms in total. The van der Waals surface area contributed by atoms with Crippen molar-refractivity contribution < 1.29 is 4.74 Å². The Morgan fingerprint density at radius 3 is 1.27 bits per heavy atom. The molecule has 0 bridgehead atoms. The SMILES string of the molecule is CCCCCCCCCCCC=[N+]([O-])CCCCCCCCCCCC. The first-order chi connectivity index (χ1) is 12.8. The highest BCUT2D eigenvalue weighted by molar-refractivity contribution is 5.50. The molecular weight excluding hydrogens is 318 g/mol. The van der Waals surface area contributed by atoms with Crippen molar-refractivity contribution in [2.75, 3.05) is 6.54 Å². The van der Waals surface area contributed by atoms with Gasteiger partial charge in [-0.3, -0.25) is 0 Å². The average molecular weight is 368 g/mol. The largest absolute Gasteiger partial charge is 0.624 e. The van der Waals surface area contributed by atoms with Crippen molar-refractivity contribution in [3.05, 3.63) is 5.21 Å². The molecule has 0 aromatic carbocycles. The Bertz CT molecular complexity index is 288. The molecule has 0 aromatic heterocycles. The molecule has 0 fully saturated rings. The van der Waals surface area contributed by atoms with Crippen LogP contribution in [0.3, 0.4) is 0 Å². The maximum Gasteiger partial charge on any atom is 0.153 e. The van der Waals surface area contributed by atoms with Crippen molar-refractivity contribution in [3.8, 4) is 0 Å². The van der Waals surface area contributed by atoms with Crippen LogP contribution in [0, 0.1) is 5.21 Å². The zero-order valence-corrected chi connectivity index (χ0v) is 18.3. The molecule has 2 heteroatoms. The normalized spacial score (nSPS) is 12.0. The van der Waals surface area contributed by atoms with Crippen LogP contribution in [0.15, 0.2) is 0 Å². The summed E-state index contributed by atoms with van der Waals surface area (Å²) in [4.78, 5) is 0. The molecule has 0 rings (SSSR count). The van der Waals surface area contributed by atoms with Crippen LogP contribution in [0.25, 0.3) is 0 Å². The Labute approximate surface area is 165 Å². The molecule has 156 valence electrons. The molecule has 0 aromatic rings. The monoisotopic (exact) mass is 367 g/mol. The topological polar surface area (TPSA) is 26.1 Å². The molecule has 0 spiro atoms. The highest BCUT2D eigenvalue weighted by atomic mass is 16.5. The molecule has 0 saturated carbocycles. The molecule has 0 aliphatic heterocycles. The molecule has 0 heterocycles. The number of hydrogen-bond donors (Lipinski definition) is 0. The third-order valence-electron chi connectivity index (χ3n) is 5.37. The summed E-state index contributed by atoms with van der Waals surface area (Å²) < 4.78 is 1.19. The van der Waals surface area contributed by atoms with E-state index in [-0.39, 0.29) is 0 Å². The van der Waals surface area contributed by atoms with Gasteiger partial charge in [0, 0.05) is 12.8 Å². The minimum Gasteiger partial charge on any atom is -0.624 e. The van der Waals surface area contributed by atoms with Crippen LogP contribution in [0.2, 0.25) is 0 Å². The van der Waals surface area contributed by atoms with Gasteiger partial charge in [-0.2, -0.15) is 0 Å². The summed E-state index contributed by atoms with van der Waals surface area (Å²) in [5, 5.41) is 11.8. The van der Waals surface area contributed by atoms with E-state index in [4.69, 9.17) is 0 Å². The van der Waals surface area contributed by atoms with Gasteiger partial charge in [-0.15, -0.1) is 0 Å². The van der Waals surface area contributed by atoms with Gasteiger partial charge in [-0.05, 0) is 12.8 Å². The number of hydroxylamine groups is 1. The van der Waals surface area contributed by atoms with Crippen LogP contribution in [-0.4, -0.2) is 17.5 Å². The van der Waals surface area contributed by atoms with Crippen LogP contribution in [0.1, 0.15) is 142 Å². The van der Waals surface area contributed by atoms with Crippen molar-refractivity contribution in [2.45, 2.75) is 142 Å². The number of rotatable bonds is 21. The lowest BCUT2D eigenvalue weighted by Crippen LogP contribution is -2.06. The van der Waals surface area contributed by atoms with E-state index in [2.05, 4.69) is 13.8 Å². The van der Waals surface area contributed by atoms with Crippen LogP contribution in [0.4, 0.5) is 0 Å². The third-order valence-corrected chi connectivity index (χ3v) is 5.37. The first-order valence-electron chi connectivity index (χ1n) is 12.1. The van der Waals surface area contributed by atoms with E-state index < -0.39 is 0 Å². The summed E-state index contributed by atoms with van der Waals surface area (Å²) in [7, 11) is 0. The average Bonchev–Trinajstić information content (AvgIpc) is 2.64. The van der Waals surface area contributed by atoms with Crippen LogP contribution < -0.4 is 0 Å². The highest BCUT2D eigenvalue weighted by Gasteiger charge is 1.97. The Morgan fingerprint density at radius 2 is 0.846 bits per heavy atom. The second-order valence-corrected chi connectivity index (χ2v) is 8.12. The van der Waals surface area contributed by atoms with Gasteiger partial charge in [-0.1, -0.05) is 117 Å². The first-order valence-corrected chi connectivity index (χ1v) is 12.1. The molecule has 0 atom stereocenters. The lowest BCUT2D eigenvalue weighted by atomic mass is 10.1. The van der Waals surface area contributed by atoms with Crippen molar-refractivity contribution in [2.24, 2.45) is 0 Å². The molecular formula is C24H49NO. The molecule has 0 amide bonds. The van der Waals surface area contributed by atoms with E-state index in [1.807, 2.05) is 6.21 Å². The van der Waals surface area contributed by atoms with Crippen molar-refractivity contribution >= 4 is 6.21 Å². The molecule has 0 radical (unpaired) electrons. The molecule has 26 heavy (non-hydrogen) atoms. The van der Waals surface area contributed by atoms with Crippen LogP contribution in [0.5, 0.6) is 0 Å². The minimum absolute atomic E-state index is 0.702. The summed E-state index contributed by atoms with van der Waals surface area (Å²) in [5.74, 6) is 0. The second kappa shape index (κ2) is 22.5. The smallest absolute Gasteiger partial charge is 0.153 e. The summed E-state index contributed by atoms with van der Waals surface area (Å²) >= 11 is 0. The Balaban J connectivity index is 3.23. The fourth-order valence-electron chi connectivity index (χ4n) is 3.54. The molecule has 0 saturated heterocycles. The summed E-state index contributed by atoms with van der Waals surface area (Å²) in [6, 6.07) is 0. The Hall–Kier alpha value is -0.530. The molecule has 0 aliphatic rings. The van der Waals surface area contributed by atoms with Crippen molar-refractivity contribution in [1.29, 1.82) is 0 Å². The number of nitrogens with zero attached hydrogens (tertiary/aromatic N) is 1. The quantitative estimate of drug-likeness (QED) is 0.0657. The van der Waals surface area contributed by atoms with Gasteiger partial charge >= 0.3 is 0 Å². The zero-order chi connectivity index (χ0) is 19.1. The van der Waals surface area contributed by atoms with Gasteiger partial charge in [-0.25, -0.2) is 4.74 Å². The summed E-state index contributed by atoms with van der Waals surface area (Å²) in [6.45, 7) is 5.24. The Morgan fingerprint density at radius 1 is 0.500 bits per heavy atom. The fraction of sp³-hybridized carbons (Fsp3) is 0.958. The van der Waals surface area contributed by atoms with E-state index in [1.54, 1.807) is 0 Å². The molecule has 0 aliphatic carbocycles. The van der Waals surface area contributed by atoms with Gasteiger partial charge in [0.25, 0.3) is 0 Å². The second-order valence-electron chi connectivity index (χ2n) is 8.12. The third kappa shape index (κ3) is 21.5. The predicted octanol–water partition coefficient (Wildman–Crippen LogP) is 8.41. The van der Waals surface area contributed by atoms with Gasteiger partial charge in [0.1, 0.15) is 0 Å². The highest BCUT2D eigenvalue weighted by Crippen LogP contribution is 2.11. The van der Waals surface area contributed by atoms with Crippen molar-refractivity contribution in [1.82, 2.24) is 0 Å². The Kier molecular flexibility index (Phi) is 22.1. The van der Waals surface area contributed by atoms with E-state index >= 15 is 0 Å².